The van der Waals surface area contributed by atoms with E-state index in [4.69, 9.17) is 4.74 Å². The normalized spacial score (nSPS) is 27.8. The summed E-state index contributed by atoms with van der Waals surface area (Å²) in [5.41, 5.74) is 0.187. The predicted molar refractivity (Wildman–Crippen MR) is 51.2 cm³/mol. The summed E-state index contributed by atoms with van der Waals surface area (Å²) in [7, 11) is 0. The SMILES string of the molecule is CC(Br)COC(=O)[C@H]1CC1(C)C. The molecule has 0 N–H and O–H groups in total. The number of esters is 1. The highest BCUT2D eigenvalue weighted by molar-refractivity contribution is 9.09. The molecule has 0 spiro atoms. The minimum absolute atomic E-state index is 0.0358. The maximum Gasteiger partial charge on any atom is 0.309 e. The van der Waals surface area contributed by atoms with Crippen LogP contribution in [0.4, 0.5) is 0 Å². The topological polar surface area (TPSA) is 26.3 Å². The van der Waals surface area contributed by atoms with Gasteiger partial charge < -0.3 is 4.74 Å². The zero-order valence-electron chi connectivity index (χ0n) is 7.76. The lowest BCUT2D eigenvalue weighted by Gasteiger charge is -2.06. The third kappa shape index (κ3) is 2.47. The van der Waals surface area contributed by atoms with E-state index >= 15 is 0 Å². The van der Waals surface area contributed by atoms with Crippen molar-refractivity contribution in [2.24, 2.45) is 11.3 Å². The third-order valence-electron chi connectivity index (χ3n) is 2.25. The van der Waals surface area contributed by atoms with E-state index in [-0.39, 0.29) is 22.1 Å². The van der Waals surface area contributed by atoms with E-state index in [1.54, 1.807) is 0 Å². The maximum absolute atomic E-state index is 11.3. The van der Waals surface area contributed by atoms with Crippen molar-refractivity contribution >= 4 is 21.9 Å². The summed E-state index contributed by atoms with van der Waals surface area (Å²) < 4.78 is 5.08. The van der Waals surface area contributed by atoms with Crippen molar-refractivity contribution in [3.8, 4) is 0 Å². The van der Waals surface area contributed by atoms with Crippen LogP contribution in [0.25, 0.3) is 0 Å². The Labute approximate surface area is 81.8 Å². The third-order valence-corrected chi connectivity index (χ3v) is 2.52. The Morgan fingerprint density at radius 1 is 1.75 bits per heavy atom. The van der Waals surface area contributed by atoms with E-state index in [1.165, 1.54) is 0 Å². The zero-order chi connectivity index (χ0) is 9.35. The van der Waals surface area contributed by atoms with Crippen LogP contribution in [0, 0.1) is 11.3 Å². The van der Waals surface area contributed by atoms with E-state index in [2.05, 4.69) is 29.8 Å². The molecule has 2 atom stereocenters. The van der Waals surface area contributed by atoms with Crippen LogP contribution in [0.3, 0.4) is 0 Å². The molecule has 0 radical (unpaired) electrons. The molecule has 0 heterocycles. The van der Waals surface area contributed by atoms with E-state index in [1.807, 2.05) is 6.92 Å². The Morgan fingerprint density at radius 3 is 2.58 bits per heavy atom. The first-order chi connectivity index (χ1) is 5.43. The lowest BCUT2D eigenvalue weighted by molar-refractivity contribution is -0.145. The van der Waals surface area contributed by atoms with Gasteiger partial charge in [-0.2, -0.15) is 0 Å². The van der Waals surface area contributed by atoms with Gasteiger partial charge in [-0.05, 0) is 18.8 Å². The summed E-state index contributed by atoms with van der Waals surface area (Å²) in [4.78, 5) is 11.5. The molecule has 12 heavy (non-hydrogen) atoms. The first-order valence-electron chi connectivity index (χ1n) is 4.24. The number of hydrogen-bond acceptors (Lipinski definition) is 2. The standard InChI is InChI=1S/C9H15BrO2/c1-6(10)5-12-8(11)7-4-9(7,2)3/h6-7H,4-5H2,1-3H3/t6?,7-/m1/s1. The fraction of sp³-hybridized carbons (Fsp3) is 0.889. The fourth-order valence-corrected chi connectivity index (χ4v) is 1.30. The number of halogens is 1. The van der Waals surface area contributed by atoms with Crippen LogP contribution in [0.1, 0.15) is 27.2 Å². The van der Waals surface area contributed by atoms with Crippen molar-refractivity contribution in [2.45, 2.75) is 32.0 Å². The number of carbonyl (C=O) groups is 1. The molecule has 1 aliphatic rings. The van der Waals surface area contributed by atoms with Gasteiger partial charge in [0.05, 0.1) is 5.92 Å². The lowest BCUT2D eigenvalue weighted by atomic mass is 10.1. The lowest BCUT2D eigenvalue weighted by Crippen LogP contribution is -2.14. The summed E-state index contributed by atoms with van der Waals surface area (Å²) in [6.45, 7) is 6.63. The van der Waals surface area contributed by atoms with Crippen LogP contribution in [0.15, 0.2) is 0 Å². The molecule has 0 bridgehead atoms. The van der Waals surface area contributed by atoms with Crippen LogP contribution in [-0.4, -0.2) is 17.4 Å². The molecule has 70 valence electrons. The van der Waals surface area contributed by atoms with Crippen molar-refractivity contribution in [3.05, 3.63) is 0 Å². The molecule has 0 amide bonds. The number of carbonyl (C=O) groups excluding carboxylic acids is 1. The molecular weight excluding hydrogens is 220 g/mol. The number of hydrogen-bond donors (Lipinski definition) is 0. The van der Waals surface area contributed by atoms with Gasteiger partial charge in [0, 0.05) is 4.83 Å². The van der Waals surface area contributed by atoms with E-state index in [0.717, 1.165) is 6.42 Å². The molecule has 0 saturated heterocycles. The first-order valence-corrected chi connectivity index (χ1v) is 5.16. The molecule has 1 saturated carbocycles. The Bertz CT molecular complexity index is 187. The number of alkyl halides is 1. The Hall–Kier alpha value is -0.0500. The Kier molecular flexibility index (Phi) is 2.81. The Morgan fingerprint density at radius 2 is 2.25 bits per heavy atom. The second-order valence-corrected chi connectivity index (χ2v) is 5.72. The van der Waals surface area contributed by atoms with Gasteiger partial charge in [-0.25, -0.2) is 0 Å². The van der Waals surface area contributed by atoms with Gasteiger partial charge in [0.1, 0.15) is 6.61 Å². The van der Waals surface area contributed by atoms with E-state index < -0.39 is 0 Å². The van der Waals surface area contributed by atoms with Crippen molar-refractivity contribution in [3.63, 3.8) is 0 Å². The molecule has 1 rings (SSSR count). The minimum Gasteiger partial charge on any atom is -0.464 e. The summed E-state index contributed by atoms with van der Waals surface area (Å²) in [5.74, 6) is 0.107. The molecule has 1 fully saturated rings. The zero-order valence-corrected chi connectivity index (χ0v) is 9.35. The summed E-state index contributed by atoms with van der Waals surface area (Å²) in [6.07, 6.45) is 0.975. The molecule has 0 aromatic carbocycles. The average molecular weight is 235 g/mol. The summed E-state index contributed by atoms with van der Waals surface area (Å²) in [6, 6.07) is 0. The molecule has 0 aromatic rings. The molecular formula is C9H15BrO2. The molecule has 1 aliphatic carbocycles. The smallest absolute Gasteiger partial charge is 0.309 e. The van der Waals surface area contributed by atoms with Crippen molar-refractivity contribution in [1.82, 2.24) is 0 Å². The highest BCUT2D eigenvalue weighted by atomic mass is 79.9. The number of rotatable bonds is 3. The highest BCUT2D eigenvalue weighted by Crippen LogP contribution is 2.52. The maximum atomic E-state index is 11.3. The van der Waals surface area contributed by atoms with Gasteiger partial charge in [-0.3, -0.25) is 4.79 Å². The van der Waals surface area contributed by atoms with Crippen molar-refractivity contribution in [2.75, 3.05) is 6.61 Å². The quantitative estimate of drug-likeness (QED) is 0.554. The molecule has 2 nitrogen and oxygen atoms in total. The van der Waals surface area contributed by atoms with E-state index in [9.17, 15) is 4.79 Å². The van der Waals surface area contributed by atoms with Crippen LogP contribution < -0.4 is 0 Å². The Balaban J connectivity index is 2.23. The molecule has 0 aliphatic heterocycles. The van der Waals surface area contributed by atoms with Gasteiger partial charge in [0.15, 0.2) is 0 Å². The van der Waals surface area contributed by atoms with Crippen molar-refractivity contribution < 1.29 is 9.53 Å². The van der Waals surface area contributed by atoms with Crippen LogP contribution in [-0.2, 0) is 9.53 Å². The minimum atomic E-state index is -0.0358. The highest BCUT2D eigenvalue weighted by Gasteiger charge is 2.51. The largest absolute Gasteiger partial charge is 0.464 e. The van der Waals surface area contributed by atoms with Gasteiger partial charge in [0.2, 0.25) is 0 Å². The first kappa shape index (κ1) is 10.0. The molecule has 1 unspecified atom stereocenters. The van der Waals surface area contributed by atoms with Gasteiger partial charge in [-0.1, -0.05) is 29.8 Å². The summed E-state index contributed by atoms with van der Waals surface area (Å²) in [5, 5.41) is 0. The van der Waals surface area contributed by atoms with Crippen LogP contribution in [0.5, 0.6) is 0 Å². The van der Waals surface area contributed by atoms with Crippen LogP contribution >= 0.6 is 15.9 Å². The molecule has 3 heteroatoms. The van der Waals surface area contributed by atoms with E-state index in [0.29, 0.717) is 6.61 Å². The predicted octanol–water partition coefficient (Wildman–Crippen LogP) is 2.36. The van der Waals surface area contributed by atoms with Gasteiger partial charge >= 0.3 is 5.97 Å². The summed E-state index contributed by atoms with van der Waals surface area (Å²) >= 11 is 3.32. The molecule has 0 aromatic heterocycles. The van der Waals surface area contributed by atoms with Crippen LogP contribution in [0.2, 0.25) is 0 Å². The average Bonchev–Trinajstić information content (AvgIpc) is 2.55. The number of ether oxygens (including phenoxy) is 1. The second-order valence-electron chi connectivity index (χ2n) is 4.16. The second kappa shape index (κ2) is 3.36. The van der Waals surface area contributed by atoms with Gasteiger partial charge in [0.25, 0.3) is 0 Å². The fourth-order valence-electron chi connectivity index (χ4n) is 1.17. The monoisotopic (exact) mass is 234 g/mol. The van der Waals surface area contributed by atoms with Gasteiger partial charge in [-0.15, -0.1) is 0 Å². The van der Waals surface area contributed by atoms with Crippen molar-refractivity contribution in [1.29, 1.82) is 0 Å².